The molecule has 1 fully saturated rings. The summed E-state index contributed by atoms with van der Waals surface area (Å²) in [5.74, 6) is -0.0556. The van der Waals surface area contributed by atoms with Crippen LogP contribution in [0.1, 0.15) is 12.8 Å². The van der Waals surface area contributed by atoms with Crippen LogP contribution in [0, 0.1) is 0 Å². The number of rotatable bonds is 1. The molecular weight excluding hydrogens is 322 g/mol. The third-order valence-electron chi connectivity index (χ3n) is 1.77. The van der Waals surface area contributed by atoms with Gasteiger partial charge in [-0.15, -0.1) is 0 Å². The van der Waals surface area contributed by atoms with E-state index >= 15 is 0 Å². The van der Waals surface area contributed by atoms with Crippen LogP contribution in [-0.4, -0.2) is 54.4 Å². The molecule has 1 rings (SSSR count). The van der Waals surface area contributed by atoms with Gasteiger partial charge < -0.3 is 0 Å². The van der Waals surface area contributed by atoms with Gasteiger partial charge in [0, 0.05) is 0 Å². The third kappa shape index (κ3) is 1.69. The van der Waals surface area contributed by atoms with Crippen molar-refractivity contribution in [3.8, 4) is 0 Å². The summed E-state index contributed by atoms with van der Waals surface area (Å²) in [6.07, 6.45) is 2.14. The monoisotopic (exact) mass is 333 g/mol. The van der Waals surface area contributed by atoms with E-state index in [1.807, 2.05) is 0 Å². The van der Waals surface area contributed by atoms with E-state index in [1.54, 1.807) is 0 Å². The van der Waals surface area contributed by atoms with Gasteiger partial charge in [0.15, 0.2) is 0 Å². The van der Waals surface area contributed by atoms with Crippen LogP contribution in [-0.2, 0) is 9.53 Å². The number of ether oxygens (including phenoxy) is 1. The fraction of sp³-hybridized carbons (Fsp3) is 0.833. The first-order valence-corrected chi connectivity index (χ1v) is 5.35. The average molecular weight is 333 g/mol. The first-order valence-electron chi connectivity index (χ1n) is 3.35. The van der Waals surface area contributed by atoms with Crippen molar-refractivity contribution in [3.05, 3.63) is 0 Å². The molecule has 0 unspecified atom stereocenters. The molecular formula is C6H10NO2Tl. The van der Waals surface area contributed by atoms with Gasteiger partial charge in [0.1, 0.15) is 0 Å². The topological polar surface area (TPSA) is 29.5 Å². The van der Waals surface area contributed by atoms with Crippen molar-refractivity contribution in [2.24, 2.45) is 0 Å². The van der Waals surface area contributed by atoms with Crippen LogP contribution >= 0.6 is 0 Å². The van der Waals surface area contributed by atoms with Crippen LogP contribution in [0.5, 0.6) is 0 Å². The number of esters is 1. The summed E-state index contributed by atoms with van der Waals surface area (Å²) < 4.78 is 6.85. The standard InChI is InChI=1S/C6H10NO2.Tl/c1-9-6(8)5-3-2-4-7-5;/h5H,2-4H2,1H3;/q-1;+1/t5-;/m0./s1. The van der Waals surface area contributed by atoms with Gasteiger partial charge in [-0.05, 0) is 0 Å². The molecule has 0 bridgehead atoms. The molecule has 0 N–H and O–H groups in total. The van der Waals surface area contributed by atoms with Crippen LogP contribution < -0.4 is 0 Å². The molecule has 1 aliphatic heterocycles. The van der Waals surface area contributed by atoms with E-state index in [1.165, 1.54) is 7.11 Å². The van der Waals surface area contributed by atoms with Crippen molar-refractivity contribution < 1.29 is 9.53 Å². The molecule has 0 saturated carbocycles. The maximum atomic E-state index is 11.0. The Balaban J connectivity index is 2.46. The van der Waals surface area contributed by atoms with Gasteiger partial charge in [0.05, 0.1) is 0 Å². The number of hydrogen-bond acceptors (Lipinski definition) is 3. The van der Waals surface area contributed by atoms with Crippen LogP contribution in [0.15, 0.2) is 0 Å². The van der Waals surface area contributed by atoms with Crippen LogP contribution in [0.25, 0.3) is 0 Å². The molecule has 0 aromatic carbocycles. The molecule has 0 radical (unpaired) electrons. The average Bonchev–Trinajstić information content (AvgIpc) is 2.34. The van der Waals surface area contributed by atoms with Gasteiger partial charge in [-0.25, -0.2) is 0 Å². The SMILES string of the molecule is COC(=O)[C@@H]1CCC[N]1[Tl]. The molecule has 0 aliphatic carbocycles. The molecule has 1 saturated heterocycles. The maximum absolute atomic E-state index is 11.0. The molecule has 54 valence electrons. The summed E-state index contributed by atoms with van der Waals surface area (Å²) in [5, 5.41) is 0. The number of methoxy groups -OCH3 is 1. The molecule has 3 nitrogen and oxygen atoms in total. The van der Waals surface area contributed by atoms with E-state index in [0.717, 1.165) is 45.5 Å². The minimum absolute atomic E-state index is 0.0556. The number of carbonyl (C=O) groups is 1. The van der Waals surface area contributed by atoms with Gasteiger partial charge in [-0.1, -0.05) is 0 Å². The summed E-state index contributed by atoms with van der Waals surface area (Å²) in [5.41, 5.74) is 0. The predicted molar refractivity (Wildman–Crippen MR) is 37.5 cm³/mol. The Morgan fingerprint density at radius 1 is 1.80 bits per heavy atom. The molecule has 0 amide bonds. The summed E-state index contributed by atoms with van der Waals surface area (Å²) in [6, 6.07) is 0.0926. The van der Waals surface area contributed by atoms with E-state index in [2.05, 4.69) is 7.45 Å². The second-order valence-corrected chi connectivity index (χ2v) is 5.00. The van der Waals surface area contributed by atoms with Crippen molar-refractivity contribution in [2.75, 3.05) is 13.7 Å². The summed E-state index contributed by atoms with van der Waals surface area (Å²) >= 11 is 0.775. The first-order chi connectivity index (χ1) is 4.75. The molecule has 0 aromatic rings. The Labute approximate surface area is 76.8 Å². The van der Waals surface area contributed by atoms with Crippen LogP contribution in [0.3, 0.4) is 0 Å². The van der Waals surface area contributed by atoms with E-state index in [9.17, 15) is 4.79 Å². The number of nitrogens with zero attached hydrogens (tertiary/aromatic N) is 1. The molecule has 4 heteroatoms. The van der Waals surface area contributed by atoms with Crippen LogP contribution in [0.2, 0.25) is 0 Å². The molecule has 1 heterocycles. The van der Waals surface area contributed by atoms with Crippen molar-refractivity contribution in [2.45, 2.75) is 18.9 Å². The molecule has 0 spiro atoms. The number of carbonyl (C=O) groups excluding carboxylic acids is 1. The molecule has 1 atom stereocenters. The van der Waals surface area contributed by atoms with Crippen LogP contribution in [0.4, 0.5) is 0 Å². The molecule has 0 aromatic heterocycles. The zero-order valence-electron chi connectivity index (χ0n) is 6.04. The van der Waals surface area contributed by atoms with Gasteiger partial charge >= 0.3 is 76.8 Å². The zero-order chi connectivity index (χ0) is 7.56. The fourth-order valence-electron chi connectivity index (χ4n) is 1.18. The Morgan fingerprint density at radius 3 is 2.90 bits per heavy atom. The molecule has 1 aliphatic rings. The normalized spacial score (nSPS) is 26.6. The Hall–Kier alpha value is 0.352. The first kappa shape index (κ1) is 8.45. The van der Waals surface area contributed by atoms with E-state index < -0.39 is 0 Å². The summed E-state index contributed by atoms with van der Waals surface area (Å²) in [7, 11) is 1.46. The van der Waals surface area contributed by atoms with Crippen molar-refractivity contribution in [1.82, 2.24) is 2.71 Å². The van der Waals surface area contributed by atoms with Gasteiger partial charge in [0.2, 0.25) is 0 Å². The van der Waals surface area contributed by atoms with Gasteiger partial charge in [-0.2, -0.15) is 0 Å². The summed E-state index contributed by atoms with van der Waals surface area (Å²) in [4.78, 5) is 11.0. The third-order valence-corrected chi connectivity index (χ3v) is 4.17. The second kappa shape index (κ2) is 3.66. The van der Waals surface area contributed by atoms with E-state index in [4.69, 9.17) is 0 Å². The second-order valence-electron chi connectivity index (χ2n) is 2.42. The predicted octanol–water partition coefficient (Wildman–Crippen LogP) is -0.293. The number of hydrogen-bond donors (Lipinski definition) is 0. The van der Waals surface area contributed by atoms with Crippen molar-refractivity contribution in [1.29, 1.82) is 0 Å². The minimum atomic E-state index is -0.0556. The van der Waals surface area contributed by atoms with Crippen molar-refractivity contribution in [3.63, 3.8) is 0 Å². The van der Waals surface area contributed by atoms with Gasteiger partial charge in [-0.3, -0.25) is 0 Å². The summed E-state index contributed by atoms with van der Waals surface area (Å²) in [6.45, 7) is 1.09. The fourth-order valence-corrected chi connectivity index (χ4v) is 2.94. The van der Waals surface area contributed by atoms with E-state index in [0.29, 0.717) is 0 Å². The van der Waals surface area contributed by atoms with Crippen molar-refractivity contribution >= 4 is 32.0 Å². The Morgan fingerprint density at radius 2 is 2.50 bits per heavy atom. The van der Waals surface area contributed by atoms with E-state index in [-0.39, 0.29) is 12.0 Å². The zero-order valence-corrected chi connectivity index (χ0v) is 10.5. The molecule has 10 heavy (non-hydrogen) atoms. The quantitative estimate of drug-likeness (QED) is 0.488. The van der Waals surface area contributed by atoms with Gasteiger partial charge in [0.25, 0.3) is 0 Å². The Kier molecular flexibility index (Phi) is 3.09. The Bertz CT molecular complexity index is 140.